The number of benzene rings is 2. The Hall–Kier alpha value is -2.02. The van der Waals surface area contributed by atoms with E-state index in [-0.39, 0.29) is 16.9 Å². The first kappa shape index (κ1) is 17.3. The Bertz CT molecular complexity index is 845. The van der Waals surface area contributed by atoms with Crippen LogP contribution in [0.5, 0.6) is 0 Å². The minimum Gasteiger partial charge on any atom is -0.344 e. The van der Waals surface area contributed by atoms with Gasteiger partial charge < -0.3 is 6.15 Å². The maximum atomic E-state index is 13.2. The van der Waals surface area contributed by atoms with E-state index < -0.39 is 15.1 Å². The van der Waals surface area contributed by atoms with Crippen LogP contribution in [0.15, 0.2) is 77.0 Å². The van der Waals surface area contributed by atoms with Crippen molar-refractivity contribution in [1.82, 2.24) is 6.15 Å². The standard InChI is InChI=1S/C17H13FO2S2.H3N/c18-14-10-8-13(9-11-14)17(16-7-4-12-21-16)22(19,20)15-5-2-1-3-6-15;/h1-12,17H;1H3. The fourth-order valence-corrected chi connectivity index (χ4v) is 5.31. The highest BCUT2D eigenvalue weighted by Crippen LogP contribution is 2.37. The van der Waals surface area contributed by atoms with Gasteiger partial charge in [-0.15, -0.1) is 11.3 Å². The van der Waals surface area contributed by atoms with Crippen LogP contribution in [0.1, 0.15) is 15.7 Å². The second-order valence-electron chi connectivity index (χ2n) is 4.81. The molecule has 0 aliphatic heterocycles. The Morgan fingerprint density at radius 2 is 1.52 bits per heavy atom. The van der Waals surface area contributed by atoms with Crippen molar-refractivity contribution in [3.63, 3.8) is 0 Å². The van der Waals surface area contributed by atoms with Crippen LogP contribution >= 0.6 is 11.3 Å². The van der Waals surface area contributed by atoms with Crippen molar-refractivity contribution in [1.29, 1.82) is 0 Å². The zero-order chi connectivity index (χ0) is 15.6. The minimum absolute atomic E-state index is 0. The van der Waals surface area contributed by atoms with Crippen LogP contribution in [0.2, 0.25) is 0 Å². The van der Waals surface area contributed by atoms with Gasteiger partial charge in [0.2, 0.25) is 0 Å². The zero-order valence-corrected chi connectivity index (χ0v) is 13.9. The van der Waals surface area contributed by atoms with Crippen LogP contribution < -0.4 is 6.15 Å². The van der Waals surface area contributed by atoms with Crippen molar-refractivity contribution in [2.75, 3.05) is 0 Å². The van der Waals surface area contributed by atoms with E-state index >= 15 is 0 Å². The molecule has 1 heterocycles. The molecule has 0 saturated carbocycles. The summed E-state index contributed by atoms with van der Waals surface area (Å²) in [5.41, 5.74) is 0.563. The van der Waals surface area contributed by atoms with Gasteiger partial charge in [0, 0.05) is 4.88 Å². The molecule has 0 fully saturated rings. The van der Waals surface area contributed by atoms with Gasteiger partial charge in [0.05, 0.1) is 4.90 Å². The second-order valence-corrected chi connectivity index (χ2v) is 7.82. The van der Waals surface area contributed by atoms with E-state index in [1.54, 1.807) is 36.4 Å². The van der Waals surface area contributed by atoms with Gasteiger partial charge in [-0.2, -0.15) is 0 Å². The van der Waals surface area contributed by atoms with Crippen molar-refractivity contribution in [2.45, 2.75) is 10.1 Å². The number of rotatable bonds is 4. The zero-order valence-electron chi connectivity index (χ0n) is 12.2. The van der Waals surface area contributed by atoms with Crippen LogP contribution in [0, 0.1) is 5.82 Å². The highest BCUT2D eigenvalue weighted by atomic mass is 32.2. The fourth-order valence-electron chi connectivity index (χ4n) is 2.32. The molecule has 0 spiro atoms. The predicted molar refractivity (Wildman–Crippen MR) is 91.2 cm³/mol. The van der Waals surface area contributed by atoms with E-state index in [0.717, 1.165) is 4.88 Å². The highest BCUT2D eigenvalue weighted by molar-refractivity contribution is 7.92. The smallest absolute Gasteiger partial charge is 0.190 e. The van der Waals surface area contributed by atoms with Crippen LogP contribution in [-0.2, 0) is 9.84 Å². The molecule has 0 radical (unpaired) electrons. The average molecular weight is 349 g/mol. The summed E-state index contributed by atoms with van der Waals surface area (Å²) in [6.45, 7) is 0. The summed E-state index contributed by atoms with van der Waals surface area (Å²) in [6, 6.07) is 17.6. The summed E-state index contributed by atoms with van der Waals surface area (Å²) in [4.78, 5) is 0.980. The molecule has 0 bridgehead atoms. The molecule has 23 heavy (non-hydrogen) atoms. The van der Waals surface area contributed by atoms with E-state index in [9.17, 15) is 12.8 Å². The van der Waals surface area contributed by atoms with Crippen LogP contribution in [0.3, 0.4) is 0 Å². The Labute approximate surface area is 138 Å². The molecule has 3 nitrogen and oxygen atoms in total. The molecule has 1 unspecified atom stereocenters. The van der Waals surface area contributed by atoms with E-state index in [0.29, 0.717) is 5.56 Å². The Morgan fingerprint density at radius 1 is 0.870 bits per heavy atom. The van der Waals surface area contributed by atoms with Crippen molar-refractivity contribution < 1.29 is 12.8 Å². The fraction of sp³-hybridized carbons (Fsp3) is 0.0588. The molecule has 120 valence electrons. The van der Waals surface area contributed by atoms with Crippen LogP contribution in [0.4, 0.5) is 4.39 Å². The molecule has 6 heteroatoms. The van der Waals surface area contributed by atoms with Gasteiger partial charge in [0.1, 0.15) is 11.1 Å². The maximum absolute atomic E-state index is 13.2. The van der Waals surface area contributed by atoms with Gasteiger partial charge in [0.25, 0.3) is 0 Å². The quantitative estimate of drug-likeness (QED) is 0.747. The molecule has 1 aromatic heterocycles. The van der Waals surface area contributed by atoms with E-state index in [2.05, 4.69) is 0 Å². The molecule has 0 aliphatic carbocycles. The molecule has 1 atom stereocenters. The molecule has 2 aromatic carbocycles. The average Bonchev–Trinajstić information content (AvgIpc) is 3.04. The lowest BCUT2D eigenvalue weighted by atomic mass is 10.1. The molecular formula is C17H16FNO2S2. The molecular weight excluding hydrogens is 333 g/mol. The molecule has 0 aliphatic rings. The van der Waals surface area contributed by atoms with E-state index in [1.165, 1.54) is 35.6 Å². The Balaban J connectivity index is 0.00000192. The first-order valence-electron chi connectivity index (χ1n) is 6.67. The third-order valence-electron chi connectivity index (χ3n) is 3.36. The molecule has 3 rings (SSSR count). The van der Waals surface area contributed by atoms with Gasteiger partial charge in [-0.1, -0.05) is 36.4 Å². The summed E-state index contributed by atoms with van der Waals surface area (Å²) < 4.78 is 39.2. The number of hydrogen-bond acceptors (Lipinski definition) is 4. The van der Waals surface area contributed by atoms with Gasteiger partial charge in [-0.3, -0.25) is 0 Å². The van der Waals surface area contributed by atoms with Crippen LogP contribution in [-0.4, -0.2) is 8.42 Å². The number of thiophene rings is 1. The van der Waals surface area contributed by atoms with Crippen molar-refractivity contribution >= 4 is 21.2 Å². The minimum atomic E-state index is -3.60. The summed E-state index contributed by atoms with van der Waals surface area (Å²) in [7, 11) is -3.60. The van der Waals surface area contributed by atoms with Gasteiger partial charge in [-0.05, 0) is 41.3 Å². The van der Waals surface area contributed by atoms with Crippen molar-refractivity contribution in [2.24, 2.45) is 0 Å². The summed E-state index contributed by atoms with van der Waals surface area (Å²) >= 11 is 1.38. The van der Waals surface area contributed by atoms with Crippen molar-refractivity contribution in [3.8, 4) is 0 Å². The van der Waals surface area contributed by atoms with Crippen LogP contribution in [0.25, 0.3) is 0 Å². The summed E-state index contributed by atoms with van der Waals surface area (Å²) in [6.07, 6.45) is 0. The molecule has 3 N–H and O–H groups in total. The monoisotopic (exact) mass is 349 g/mol. The number of halogens is 1. The maximum Gasteiger partial charge on any atom is 0.190 e. The van der Waals surface area contributed by atoms with Gasteiger partial charge >= 0.3 is 0 Å². The summed E-state index contributed by atoms with van der Waals surface area (Å²) in [5.74, 6) is -0.384. The van der Waals surface area contributed by atoms with Crippen molar-refractivity contribution in [3.05, 3.63) is 88.4 Å². The number of sulfone groups is 1. The topological polar surface area (TPSA) is 69.1 Å². The van der Waals surface area contributed by atoms with Gasteiger partial charge in [0.15, 0.2) is 9.84 Å². The van der Waals surface area contributed by atoms with E-state index in [4.69, 9.17) is 0 Å². The third-order valence-corrected chi connectivity index (χ3v) is 6.52. The SMILES string of the molecule is N.O=S(=O)(c1ccccc1)C(c1ccc(F)cc1)c1cccs1. The highest BCUT2D eigenvalue weighted by Gasteiger charge is 2.31. The lowest BCUT2D eigenvalue weighted by molar-refractivity contribution is 0.589. The third kappa shape index (κ3) is 3.50. The Kier molecular flexibility index (Phi) is 5.30. The molecule has 3 aromatic rings. The normalized spacial score (nSPS) is 12.4. The number of hydrogen-bond donors (Lipinski definition) is 1. The largest absolute Gasteiger partial charge is 0.344 e. The predicted octanol–water partition coefficient (Wildman–Crippen LogP) is 4.61. The Morgan fingerprint density at radius 3 is 2.09 bits per heavy atom. The lowest BCUT2D eigenvalue weighted by Crippen LogP contribution is -2.14. The van der Waals surface area contributed by atoms with E-state index in [1.807, 2.05) is 11.4 Å². The molecule has 0 amide bonds. The lowest BCUT2D eigenvalue weighted by Gasteiger charge is -2.17. The first-order chi connectivity index (χ1) is 10.6. The first-order valence-corrected chi connectivity index (χ1v) is 9.09. The second kappa shape index (κ2) is 7.04. The molecule has 0 saturated heterocycles. The van der Waals surface area contributed by atoms with Gasteiger partial charge in [-0.25, -0.2) is 12.8 Å². The summed E-state index contributed by atoms with van der Waals surface area (Å²) in [5, 5.41) is 1.02.